The Morgan fingerprint density at radius 3 is 1.24 bits per heavy atom. The molecule has 668 valence electrons. The SMILES string of the molecule is CC(=O)C(=O)c1cc(C)ccc1C.CC(=O)C(O)c1cc(C)ccc1C.CC(=O)Cc1cc(C)ccc1C.CC(=O)Cc1cc(C)ccc1C.CC(=O)Cn1ccc(C)n1.CC(=O)Cn1nc(Br)nc1Br.CC(=O)Cn1nc(C)cc1C.CC(=O)Cn1nc(C)cc1Cl.CC(=O)Cn1nc(C)nc1C.CC(=O)Cn1nc(Cl)nc1Cl.CCCOCC(C)=O. The number of nitrogens with zero attached hydrogens (tertiary/aromatic N) is 15. The Labute approximate surface area is 753 Å². The molecule has 10 rings (SSSR count). The molecule has 29 nitrogen and oxygen atoms in total. The molecule has 0 aliphatic heterocycles. The van der Waals surface area contributed by atoms with E-state index in [1.165, 1.54) is 84.8 Å². The van der Waals surface area contributed by atoms with Crippen LogP contribution >= 0.6 is 66.7 Å². The van der Waals surface area contributed by atoms with Crippen molar-refractivity contribution in [2.24, 2.45) is 0 Å². The average molecular weight is 1890 g/mol. The first-order chi connectivity index (χ1) is 57.1. The molecular weight excluding hydrogens is 1770 g/mol. The van der Waals surface area contributed by atoms with E-state index in [1.54, 1.807) is 60.1 Å². The lowest BCUT2D eigenvalue weighted by molar-refractivity contribution is -0.125. The van der Waals surface area contributed by atoms with Crippen LogP contribution in [0.15, 0.2) is 107 Å². The number of halogens is 5. The van der Waals surface area contributed by atoms with E-state index in [2.05, 4.69) is 114 Å². The van der Waals surface area contributed by atoms with Crippen LogP contribution in [0.5, 0.6) is 0 Å². The lowest BCUT2D eigenvalue weighted by atomic mass is 9.99. The average Bonchev–Trinajstić information content (AvgIpc) is 1.85. The van der Waals surface area contributed by atoms with Gasteiger partial charge in [0.15, 0.2) is 56.8 Å². The number of Topliss-reactive ketones (excluding diaryl/α,β-unsaturated/α-hetero) is 12. The molecule has 123 heavy (non-hydrogen) atoms. The number of ketones is 12. The van der Waals surface area contributed by atoms with E-state index < -0.39 is 17.7 Å². The maximum Gasteiger partial charge on any atom is 0.243 e. The number of benzene rings is 4. The number of hydrogen-bond acceptors (Lipinski definition) is 23. The number of rotatable bonds is 24. The molecule has 0 radical (unpaired) electrons. The Bertz CT molecular complexity index is 4790. The molecule has 0 aliphatic rings. The predicted octanol–water partition coefficient (Wildman–Crippen LogP) is 16.2. The van der Waals surface area contributed by atoms with Crippen molar-refractivity contribution in [2.75, 3.05) is 13.2 Å². The number of aromatic nitrogens is 15. The fourth-order valence-corrected chi connectivity index (χ4v) is 11.7. The van der Waals surface area contributed by atoms with Crippen molar-refractivity contribution in [1.29, 1.82) is 0 Å². The highest BCUT2D eigenvalue weighted by Crippen LogP contribution is 2.21. The summed E-state index contributed by atoms with van der Waals surface area (Å²) in [7, 11) is 0. The first-order valence-electron chi connectivity index (χ1n) is 38.8. The highest BCUT2D eigenvalue weighted by molar-refractivity contribution is 9.11. The van der Waals surface area contributed by atoms with Crippen molar-refractivity contribution < 1.29 is 67.4 Å². The Kier molecular flexibility index (Phi) is 53.8. The van der Waals surface area contributed by atoms with Gasteiger partial charge in [0.1, 0.15) is 67.3 Å². The van der Waals surface area contributed by atoms with Gasteiger partial charge in [0.05, 0.1) is 30.2 Å². The molecule has 0 saturated carbocycles. The Morgan fingerprint density at radius 2 is 0.862 bits per heavy atom. The standard InChI is InChI=1S/C11H14O2.C11H12O2.2C11H14O.C8H12N2O.C7H9ClN2O.C7H11N3O.C7H10N2O.C6H12O2.C5H5Br2N3O.C5H5Cl2N3O/c2*1-7-4-5-8(2)10(6-7)11(13)9(3)12;2*1-8-4-5-9(2)11(6-8)7-10(3)12;1-6-4-7(2)10(9-6)5-8(3)11;1-5-3-7(8)10(9-5)4-6(2)11;1-5(11)4-10-7(3)8-6(2)9-10;1-6-3-4-9(8-6)5-7(2)10;1-3-4-8-5-6(2)7;2*1-3(11)2-10-5(7)8-4(6)9-10/h4-6,11,13H,1-3H3;4-6H,1-3H3;2*4-6H,7H2,1-3H3;4H,5H2,1-3H3;3H,4H2,1-2H3;4H2,1-3H3;3-4H,5H2,1-2H3;3-5H2,1-2H3;2*2H2,1H3. The Hall–Kier alpha value is -10.3. The van der Waals surface area contributed by atoms with E-state index in [0.29, 0.717) is 70.7 Å². The smallest absolute Gasteiger partial charge is 0.243 e. The van der Waals surface area contributed by atoms with Crippen molar-refractivity contribution in [2.45, 2.75) is 245 Å². The summed E-state index contributed by atoms with van der Waals surface area (Å²) in [5.74, 6) is 1.43. The van der Waals surface area contributed by atoms with Crippen LogP contribution < -0.4 is 0 Å². The highest BCUT2D eigenvalue weighted by Gasteiger charge is 2.17. The summed E-state index contributed by atoms with van der Waals surface area (Å²) < 4.78 is 15.1. The molecular formula is C89H118Br2Cl3N15O14. The highest BCUT2D eigenvalue weighted by atomic mass is 79.9. The molecule has 34 heteroatoms. The lowest BCUT2D eigenvalue weighted by Crippen LogP contribution is -2.11. The van der Waals surface area contributed by atoms with Crippen LogP contribution in [0.25, 0.3) is 0 Å². The summed E-state index contributed by atoms with van der Waals surface area (Å²) in [4.78, 5) is 141. The molecule has 0 aliphatic carbocycles. The van der Waals surface area contributed by atoms with Crippen molar-refractivity contribution in [1.82, 2.24) is 73.6 Å². The third-order valence-electron chi connectivity index (χ3n) is 15.8. The third-order valence-corrected chi connectivity index (χ3v) is 17.4. The van der Waals surface area contributed by atoms with Gasteiger partial charge in [-0.05, 0) is 291 Å². The number of aliphatic hydroxyl groups excluding tert-OH is 1. The van der Waals surface area contributed by atoms with E-state index in [0.717, 1.165) is 68.4 Å². The molecule has 6 heterocycles. The van der Waals surface area contributed by atoms with Gasteiger partial charge in [0, 0.05) is 43.8 Å². The summed E-state index contributed by atoms with van der Waals surface area (Å²) in [6.45, 7) is 48.2. The van der Waals surface area contributed by atoms with Gasteiger partial charge in [-0.1, -0.05) is 108 Å². The first-order valence-corrected chi connectivity index (χ1v) is 41.5. The number of carbonyl (C=O) groups excluding carboxylic acids is 12. The van der Waals surface area contributed by atoms with E-state index in [4.69, 9.17) is 39.5 Å². The zero-order chi connectivity index (χ0) is 94.4. The van der Waals surface area contributed by atoms with Crippen LogP contribution in [0.2, 0.25) is 15.7 Å². The molecule has 0 bridgehead atoms. The summed E-state index contributed by atoms with van der Waals surface area (Å²) in [5.41, 5.74) is 16.0. The Morgan fingerprint density at radius 1 is 0.423 bits per heavy atom. The topological polar surface area (TPSA) is 380 Å². The normalized spacial score (nSPS) is 10.2. The van der Waals surface area contributed by atoms with Crippen LogP contribution in [0, 0.1) is 96.9 Å². The van der Waals surface area contributed by atoms with Crippen LogP contribution in [-0.2, 0) is 110 Å². The minimum Gasteiger partial charge on any atom is -0.381 e. The molecule has 0 fully saturated rings. The van der Waals surface area contributed by atoms with Gasteiger partial charge in [0.25, 0.3) is 0 Å². The largest absolute Gasteiger partial charge is 0.381 e. The number of aryl methyl sites for hydroxylation is 14. The first kappa shape index (κ1) is 113. The molecule has 4 aromatic carbocycles. The predicted molar refractivity (Wildman–Crippen MR) is 485 cm³/mol. The minimum absolute atomic E-state index is 0.0445. The Balaban J connectivity index is 0.00000133. The maximum absolute atomic E-state index is 11.4. The second-order valence-electron chi connectivity index (χ2n) is 29.1. The van der Waals surface area contributed by atoms with Gasteiger partial charge >= 0.3 is 0 Å². The molecule has 6 aromatic heterocycles. The summed E-state index contributed by atoms with van der Waals surface area (Å²) in [6.07, 6.45) is 2.94. The lowest BCUT2D eigenvalue weighted by Gasteiger charge is -2.11. The van der Waals surface area contributed by atoms with Crippen LogP contribution in [0.3, 0.4) is 0 Å². The molecule has 0 amide bonds. The molecule has 0 saturated heterocycles. The summed E-state index contributed by atoms with van der Waals surface area (Å²) in [6, 6.07) is 29.2. The molecule has 1 unspecified atom stereocenters. The van der Waals surface area contributed by atoms with Gasteiger partial charge in [-0.3, -0.25) is 66.9 Å². The second-order valence-corrected chi connectivity index (χ2v) is 31.6. The summed E-state index contributed by atoms with van der Waals surface area (Å²) in [5, 5.41) is 34.1. The van der Waals surface area contributed by atoms with Crippen molar-refractivity contribution in [3.05, 3.63) is 224 Å². The van der Waals surface area contributed by atoms with Crippen LogP contribution in [0.1, 0.15) is 202 Å². The van der Waals surface area contributed by atoms with Crippen LogP contribution in [0.4, 0.5) is 0 Å². The maximum atomic E-state index is 11.4. The quantitative estimate of drug-likeness (QED) is 0.0333. The van der Waals surface area contributed by atoms with E-state index in [-0.39, 0.29) is 94.6 Å². The zero-order valence-corrected chi connectivity index (χ0v) is 80.9. The fraction of sp³-hybridized carbons (Fsp3) is 0.427. The zero-order valence-electron chi connectivity index (χ0n) is 75.4. The number of aliphatic hydroxyl groups is 1. The minimum atomic E-state index is -0.972. The molecule has 10 aromatic rings. The van der Waals surface area contributed by atoms with E-state index in [1.807, 2.05) is 146 Å². The van der Waals surface area contributed by atoms with Gasteiger partial charge < -0.3 is 9.84 Å². The van der Waals surface area contributed by atoms with E-state index >= 15 is 0 Å². The monoisotopic (exact) mass is 1880 g/mol. The molecule has 1 N–H and O–H groups in total. The summed E-state index contributed by atoms with van der Waals surface area (Å²) >= 11 is 22.9. The van der Waals surface area contributed by atoms with Gasteiger partial charge in [-0.25, -0.2) is 23.7 Å². The van der Waals surface area contributed by atoms with Crippen molar-refractivity contribution in [3.8, 4) is 0 Å². The second kappa shape index (κ2) is 58.7. The van der Waals surface area contributed by atoms with Crippen molar-refractivity contribution >= 4 is 136 Å². The fourth-order valence-electron chi connectivity index (χ4n) is 10.1. The van der Waals surface area contributed by atoms with Crippen molar-refractivity contribution in [3.63, 3.8) is 0 Å². The number of carbonyl (C=O) groups is 12. The van der Waals surface area contributed by atoms with Crippen LogP contribution in [-0.4, -0.2) is 161 Å². The molecule has 0 spiro atoms. The van der Waals surface area contributed by atoms with Gasteiger partial charge in [-0.2, -0.15) is 30.4 Å². The number of hydrogen-bond donors (Lipinski definition) is 1. The van der Waals surface area contributed by atoms with E-state index in [9.17, 15) is 62.6 Å². The third kappa shape index (κ3) is 50.2. The van der Waals surface area contributed by atoms with Gasteiger partial charge in [-0.15, -0.1) is 10.2 Å². The molecule has 1 atom stereocenters. The van der Waals surface area contributed by atoms with Gasteiger partial charge in [0.2, 0.25) is 21.1 Å². The number of ether oxygens (including phenoxy) is 1.